The summed E-state index contributed by atoms with van der Waals surface area (Å²) in [6.45, 7) is 2.40. The molecule has 0 spiro atoms. The molecule has 55 heavy (non-hydrogen) atoms. The van der Waals surface area contributed by atoms with Gasteiger partial charge in [0.05, 0.1) is 18.1 Å². The molecule has 2 unspecified atom stereocenters. The zero-order chi connectivity index (χ0) is 39.3. The number of nitrogens with zero attached hydrogens (tertiary/aromatic N) is 1. The summed E-state index contributed by atoms with van der Waals surface area (Å²) in [6.07, 6.45) is -2.06. The predicted octanol–water partition coefficient (Wildman–Crippen LogP) is 8.12. The minimum absolute atomic E-state index is 0.0475. The van der Waals surface area contributed by atoms with Crippen LogP contribution in [0.25, 0.3) is 22.3 Å². The van der Waals surface area contributed by atoms with Crippen LogP contribution < -0.4 is 25.4 Å². The second-order valence-corrected chi connectivity index (χ2v) is 14.3. The Morgan fingerprint density at radius 1 is 1.00 bits per heavy atom. The van der Waals surface area contributed by atoms with Gasteiger partial charge in [-0.2, -0.15) is 0 Å². The van der Waals surface area contributed by atoms with Gasteiger partial charge in [-0.3, -0.25) is 14.5 Å². The molecule has 15 heteroatoms. The molecular formula is C40H40Cl2F3N5O5. The minimum atomic E-state index is -4.93. The number of halogens is 5. The molecule has 290 valence electrons. The summed E-state index contributed by atoms with van der Waals surface area (Å²) in [5, 5.41) is 27.8. The van der Waals surface area contributed by atoms with E-state index in [-0.39, 0.29) is 41.4 Å². The molecule has 4 aromatic carbocycles. The van der Waals surface area contributed by atoms with Crippen LogP contribution in [0.4, 0.5) is 18.9 Å². The number of amides is 1. The van der Waals surface area contributed by atoms with Crippen molar-refractivity contribution >= 4 is 47.0 Å². The number of aliphatic carboxylic acids is 1. The van der Waals surface area contributed by atoms with Gasteiger partial charge in [0.15, 0.2) is 0 Å². The molecule has 10 nitrogen and oxygen atoms in total. The Labute approximate surface area is 326 Å². The molecule has 0 saturated carbocycles. The Morgan fingerprint density at radius 3 is 2.45 bits per heavy atom. The monoisotopic (exact) mass is 797 g/mol. The van der Waals surface area contributed by atoms with Crippen molar-refractivity contribution in [2.24, 2.45) is 5.92 Å². The van der Waals surface area contributed by atoms with Crippen molar-refractivity contribution in [3.05, 3.63) is 99.0 Å². The fraction of sp³-hybridized carbons (Fsp3) is 0.325. The number of rotatable bonds is 15. The largest absolute Gasteiger partial charge is 0.573 e. The Kier molecular flexibility index (Phi) is 12.6. The Balaban J connectivity index is 1.22. The van der Waals surface area contributed by atoms with Crippen molar-refractivity contribution in [2.75, 3.05) is 32.1 Å². The van der Waals surface area contributed by atoms with Crippen LogP contribution >= 0.6 is 23.2 Å². The summed E-state index contributed by atoms with van der Waals surface area (Å²) < 4.78 is 50.7. The van der Waals surface area contributed by atoms with Crippen LogP contribution in [0, 0.1) is 11.3 Å². The number of ether oxygens (including phenoxy) is 2. The standard InChI is InChI=1S/C40H40Cl2F3N5O5/c1-54-35-16-26(33(41)14-27(35)22-50-13-12-25(21-50)39(52)53)19-48-34-7-3-5-30(32(34)17-46)31-6-2-4-29(38(31)42)23-8-9-24(36(15-23)55-40(43,44)45)18-47-20-28-10-11-37(51)49-28/h2-9,14-17,25,28,46-48H,10-13,18-22H2,1H3,(H,49,51)(H,52,53). The highest BCUT2D eigenvalue weighted by Crippen LogP contribution is 2.41. The summed E-state index contributed by atoms with van der Waals surface area (Å²) in [4.78, 5) is 25.0. The van der Waals surface area contributed by atoms with E-state index < -0.39 is 18.2 Å². The highest BCUT2D eigenvalue weighted by molar-refractivity contribution is 6.36. The molecule has 2 aliphatic rings. The molecule has 0 aliphatic carbocycles. The lowest BCUT2D eigenvalue weighted by Crippen LogP contribution is -2.35. The average Bonchev–Trinajstić information content (AvgIpc) is 3.80. The van der Waals surface area contributed by atoms with E-state index >= 15 is 0 Å². The maximum absolute atomic E-state index is 13.5. The number of nitrogens with one attached hydrogen (secondary N) is 4. The van der Waals surface area contributed by atoms with Gasteiger partial charge < -0.3 is 35.9 Å². The van der Waals surface area contributed by atoms with Crippen molar-refractivity contribution in [2.45, 2.75) is 51.3 Å². The fourth-order valence-electron chi connectivity index (χ4n) is 7.07. The van der Waals surface area contributed by atoms with Crippen LogP contribution in [-0.2, 0) is 29.2 Å². The molecule has 2 saturated heterocycles. The number of benzene rings is 4. The van der Waals surface area contributed by atoms with Crippen molar-refractivity contribution < 1.29 is 37.3 Å². The number of alkyl halides is 3. The topological polar surface area (TPSA) is 136 Å². The molecule has 5 N–H and O–H groups in total. The molecule has 2 atom stereocenters. The van der Waals surface area contributed by atoms with Crippen molar-refractivity contribution in [3.8, 4) is 33.8 Å². The van der Waals surface area contributed by atoms with Crippen molar-refractivity contribution in [3.63, 3.8) is 0 Å². The number of methoxy groups -OCH3 is 1. The van der Waals surface area contributed by atoms with Crippen LogP contribution in [0.2, 0.25) is 10.0 Å². The molecule has 0 radical (unpaired) electrons. The lowest BCUT2D eigenvalue weighted by Gasteiger charge is -2.20. The zero-order valence-corrected chi connectivity index (χ0v) is 31.4. The highest BCUT2D eigenvalue weighted by Gasteiger charge is 2.33. The maximum atomic E-state index is 13.5. The van der Waals surface area contributed by atoms with E-state index in [0.29, 0.717) is 89.7 Å². The number of hydrogen-bond acceptors (Lipinski definition) is 8. The van der Waals surface area contributed by atoms with Gasteiger partial charge in [0.1, 0.15) is 11.5 Å². The number of carbonyl (C=O) groups is 2. The van der Waals surface area contributed by atoms with Gasteiger partial charge in [-0.15, -0.1) is 13.2 Å². The van der Waals surface area contributed by atoms with Gasteiger partial charge in [0, 0.05) is 89.9 Å². The third-order valence-corrected chi connectivity index (χ3v) is 10.6. The van der Waals surface area contributed by atoms with E-state index in [4.69, 9.17) is 33.3 Å². The van der Waals surface area contributed by atoms with Gasteiger partial charge >= 0.3 is 12.3 Å². The first-order chi connectivity index (χ1) is 26.3. The van der Waals surface area contributed by atoms with Crippen LogP contribution in [0.15, 0.2) is 66.7 Å². The first kappa shape index (κ1) is 39.9. The number of carbonyl (C=O) groups excluding carboxylic acids is 1. The molecular weight excluding hydrogens is 758 g/mol. The SMILES string of the molecule is COc1cc(CNc2cccc(-c3cccc(-c4ccc(CNCC5CCC(=O)N5)c(OC(F)(F)F)c4)c3Cl)c2C=N)c(Cl)cc1CN1CCC(C(=O)O)C1. The molecule has 0 bridgehead atoms. The maximum Gasteiger partial charge on any atom is 0.573 e. The number of anilines is 1. The van der Waals surface area contributed by atoms with E-state index in [1.807, 2.05) is 30.3 Å². The van der Waals surface area contributed by atoms with Crippen LogP contribution in [-0.4, -0.2) is 67.2 Å². The molecule has 2 heterocycles. The van der Waals surface area contributed by atoms with Crippen molar-refractivity contribution in [1.29, 1.82) is 5.41 Å². The number of carboxylic acid groups (broad SMARTS) is 1. The van der Waals surface area contributed by atoms with Crippen LogP contribution in [0.1, 0.15) is 41.5 Å². The summed E-state index contributed by atoms with van der Waals surface area (Å²) in [5.41, 5.74) is 5.11. The fourth-order valence-corrected chi connectivity index (χ4v) is 7.66. The zero-order valence-electron chi connectivity index (χ0n) is 29.9. The molecule has 1 amide bonds. The minimum Gasteiger partial charge on any atom is -0.496 e. The quantitative estimate of drug-likeness (QED) is 0.0762. The predicted molar refractivity (Wildman–Crippen MR) is 206 cm³/mol. The first-order valence-corrected chi connectivity index (χ1v) is 18.4. The molecule has 4 aromatic rings. The normalized spacial score (nSPS) is 17.2. The smallest absolute Gasteiger partial charge is 0.496 e. The second-order valence-electron chi connectivity index (χ2n) is 13.6. The van der Waals surface area contributed by atoms with E-state index in [1.54, 1.807) is 37.4 Å². The second kappa shape index (κ2) is 17.3. The average molecular weight is 799 g/mol. The first-order valence-electron chi connectivity index (χ1n) is 17.7. The summed E-state index contributed by atoms with van der Waals surface area (Å²) in [5.74, 6) is -0.988. The summed E-state index contributed by atoms with van der Waals surface area (Å²) in [7, 11) is 1.57. The highest BCUT2D eigenvalue weighted by atomic mass is 35.5. The Morgan fingerprint density at radius 2 is 1.76 bits per heavy atom. The lowest BCUT2D eigenvalue weighted by molar-refractivity contribution is -0.274. The summed E-state index contributed by atoms with van der Waals surface area (Å²) in [6, 6.07) is 18.8. The molecule has 6 rings (SSSR count). The van der Waals surface area contributed by atoms with E-state index in [2.05, 4.69) is 25.6 Å². The lowest BCUT2D eigenvalue weighted by atomic mass is 9.94. The molecule has 2 aliphatic heterocycles. The van der Waals surface area contributed by atoms with Crippen LogP contribution in [0.3, 0.4) is 0 Å². The number of hydrogen-bond donors (Lipinski definition) is 5. The molecule has 2 fully saturated rings. The third kappa shape index (κ3) is 9.71. The Bertz CT molecular complexity index is 2080. The van der Waals surface area contributed by atoms with E-state index in [1.165, 1.54) is 12.3 Å². The van der Waals surface area contributed by atoms with Gasteiger partial charge in [0.25, 0.3) is 0 Å². The van der Waals surface area contributed by atoms with Crippen molar-refractivity contribution in [1.82, 2.24) is 15.5 Å². The van der Waals surface area contributed by atoms with E-state index in [0.717, 1.165) is 11.1 Å². The Hall–Kier alpha value is -4.82. The summed E-state index contributed by atoms with van der Waals surface area (Å²) >= 11 is 13.7. The van der Waals surface area contributed by atoms with Crippen LogP contribution in [0.5, 0.6) is 11.5 Å². The van der Waals surface area contributed by atoms with Gasteiger partial charge in [0.2, 0.25) is 5.91 Å². The third-order valence-electron chi connectivity index (χ3n) is 9.87. The number of likely N-dealkylation sites (tertiary alicyclic amines) is 1. The van der Waals surface area contributed by atoms with Gasteiger partial charge in [-0.1, -0.05) is 65.7 Å². The van der Waals surface area contributed by atoms with Gasteiger partial charge in [-0.05, 0) is 60.3 Å². The number of carboxylic acids is 1. The van der Waals surface area contributed by atoms with E-state index in [9.17, 15) is 27.9 Å². The van der Waals surface area contributed by atoms with Gasteiger partial charge in [-0.25, -0.2) is 0 Å². The molecule has 0 aromatic heterocycles.